The van der Waals surface area contributed by atoms with E-state index >= 15 is 0 Å². The second-order valence-electron chi connectivity index (χ2n) is 18.1. The van der Waals surface area contributed by atoms with E-state index in [2.05, 4.69) is 54.8 Å². The number of ether oxygens (including phenoxy) is 2. The first-order chi connectivity index (χ1) is 33.5. The normalized spacial score (nSPS) is 21.9. The zero-order valence-electron chi connectivity index (χ0n) is 42.0. The van der Waals surface area contributed by atoms with E-state index in [1.807, 2.05) is 12.2 Å². The molecule has 0 radical (unpaired) electrons. The molecule has 0 heterocycles. The molecule has 1 aliphatic rings. The maximum atomic E-state index is 13.0. The van der Waals surface area contributed by atoms with Crippen LogP contribution in [0.3, 0.4) is 0 Å². The quantitative estimate of drug-likeness (QED) is 0.00928. The minimum Gasteiger partial charge on any atom is -0.462 e. The van der Waals surface area contributed by atoms with Gasteiger partial charge in [-0.05, 0) is 70.6 Å². The van der Waals surface area contributed by atoms with E-state index in [9.17, 15) is 58.9 Å². The lowest BCUT2D eigenvalue weighted by atomic mass is 9.85. The number of phosphoric ester groups is 2. The molecule has 8 N–H and O–H groups in total. The Bertz CT molecular complexity index is 1600. The fourth-order valence-corrected chi connectivity index (χ4v) is 9.13. The van der Waals surface area contributed by atoms with E-state index in [-0.39, 0.29) is 25.7 Å². The van der Waals surface area contributed by atoms with E-state index in [1.165, 1.54) is 77.0 Å². The first-order valence-electron chi connectivity index (χ1n) is 25.9. The van der Waals surface area contributed by atoms with Crippen molar-refractivity contribution in [3.8, 4) is 0 Å². The topological polar surface area (TPSA) is 276 Å². The van der Waals surface area contributed by atoms with Crippen molar-refractivity contribution in [2.75, 3.05) is 13.2 Å². The van der Waals surface area contributed by atoms with Gasteiger partial charge in [-0.15, -0.1) is 0 Å². The van der Waals surface area contributed by atoms with Gasteiger partial charge in [-0.2, -0.15) is 0 Å². The Balaban J connectivity index is 2.62. The highest BCUT2D eigenvalue weighted by Gasteiger charge is 2.54. The Morgan fingerprint density at radius 1 is 0.529 bits per heavy atom. The Morgan fingerprint density at radius 3 is 1.56 bits per heavy atom. The first kappa shape index (κ1) is 65.7. The average Bonchev–Trinajstić information content (AvgIpc) is 3.31. The average molecular weight is 1040 g/mol. The number of hydrogen-bond donors (Lipinski definition) is 8. The lowest BCUT2D eigenvalue weighted by Gasteiger charge is -2.43. The number of rotatable bonds is 43. The van der Waals surface area contributed by atoms with Gasteiger partial charge in [-0.1, -0.05) is 164 Å². The number of esters is 2. The Morgan fingerprint density at radius 2 is 1.00 bits per heavy atom. The zero-order valence-corrected chi connectivity index (χ0v) is 43.8. The third kappa shape index (κ3) is 34.9. The van der Waals surface area contributed by atoms with Crippen LogP contribution in [0, 0.1) is 0 Å². The highest BCUT2D eigenvalue weighted by Crippen LogP contribution is 2.49. The number of phosphoric acid groups is 2. The summed E-state index contributed by atoms with van der Waals surface area (Å²) in [5.74, 6) is -1.41. The van der Waals surface area contributed by atoms with E-state index in [0.29, 0.717) is 6.42 Å². The molecule has 0 aromatic rings. The van der Waals surface area contributed by atoms with Crippen molar-refractivity contribution in [3.63, 3.8) is 0 Å². The lowest BCUT2D eigenvalue weighted by molar-refractivity contribution is -0.216. The molecule has 406 valence electrons. The minimum absolute atomic E-state index is 0.0747. The molecule has 0 aromatic heterocycles. The number of hydrogen-bond acceptors (Lipinski definition) is 14. The summed E-state index contributed by atoms with van der Waals surface area (Å²) in [4.78, 5) is 54.4. The van der Waals surface area contributed by atoms with Crippen molar-refractivity contribution in [3.05, 3.63) is 60.8 Å². The van der Waals surface area contributed by atoms with Crippen molar-refractivity contribution < 1.29 is 82.0 Å². The fraction of sp³-hybridized carbons (Fsp3) is 0.765. The Hall–Kier alpha value is -2.34. The van der Waals surface area contributed by atoms with Crippen LogP contribution in [0.25, 0.3) is 0 Å². The maximum Gasteiger partial charge on any atom is 0.472 e. The van der Waals surface area contributed by atoms with Crippen LogP contribution in [0.5, 0.6) is 0 Å². The maximum absolute atomic E-state index is 13.0. The second-order valence-corrected chi connectivity index (χ2v) is 20.7. The molecule has 0 aliphatic heterocycles. The van der Waals surface area contributed by atoms with Gasteiger partial charge in [-0.25, -0.2) is 9.13 Å². The van der Waals surface area contributed by atoms with Crippen LogP contribution in [-0.4, -0.2) is 114 Å². The molecule has 0 amide bonds. The van der Waals surface area contributed by atoms with Crippen molar-refractivity contribution in [2.45, 2.75) is 236 Å². The van der Waals surface area contributed by atoms with E-state index in [0.717, 1.165) is 64.2 Å². The van der Waals surface area contributed by atoms with Gasteiger partial charge in [0.25, 0.3) is 0 Å². The minimum atomic E-state index is -5.39. The molecule has 0 aromatic carbocycles. The summed E-state index contributed by atoms with van der Waals surface area (Å²) in [6.45, 7) is 2.93. The predicted octanol–water partition coefficient (Wildman–Crippen LogP) is 9.59. The Kier molecular flexibility index (Phi) is 38.5. The molecule has 1 aliphatic carbocycles. The van der Waals surface area contributed by atoms with Crippen LogP contribution in [-0.2, 0) is 41.8 Å². The molecule has 1 fully saturated rings. The van der Waals surface area contributed by atoms with Gasteiger partial charge < -0.3 is 49.7 Å². The SMILES string of the molecule is CCCCC/C=C\C/C=C\CCCCCCCCCCCC(=O)OC[C@H](COP(=O)(O)O[C@H]1C(O)C(O)C(O)[C@@H](OP(=O)(O)O)C1O)OC(=O)CCCC(O)/C=C/C=C/C/C=C/CCCCCCCC. The highest BCUT2D eigenvalue weighted by atomic mass is 31.2. The van der Waals surface area contributed by atoms with Crippen molar-refractivity contribution in [2.24, 2.45) is 0 Å². The van der Waals surface area contributed by atoms with Crippen LogP contribution in [0.1, 0.15) is 187 Å². The number of aliphatic hydroxyl groups is 5. The lowest BCUT2D eigenvalue weighted by Crippen LogP contribution is -2.64. The molecule has 0 saturated heterocycles. The van der Waals surface area contributed by atoms with Gasteiger partial charge >= 0.3 is 27.6 Å². The monoisotopic (exact) mass is 1040 g/mol. The van der Waals surface area contributed by atoms with Gasteiger partial charge in [0, 0.05) is 12.8 Å². The summed E-state index contributed by atoms with van der Waals surface area (Å²) < 4.78 is 49.3. The van der Waals surface area contributed by atoms with E-state index in [1.54, 1.807) is 12.2 Å². The molecule has 0 bridgehead atoms. The van der Waals surface area contributed by atoms with Gasteiger partial charge in [0.15, 0.2) is 6.10 Å². The molecular formula is C51H90O17P2. The van der Waals surface area contributed by atoms with Gasteiger partial charge in [0.1, 0.15) is 43.2 Å². The third-order valence-corrected chi connectivity index (χ3v) is 13.2. The summed E-state index contributed by atoms with van der Waals surface area (Å²) in [5, 5.41) is 51.7. The summed E-state index contributed by atoms with van der Waals surface area (Å²) in [6.07, 6.45) is 30.4. The highest BCUT2D eigenvalue weighted by molar-refractivity contribution is 7.47. The predicted molar refractivity (Wildman–Crippen MR) is 270 cm³/mol. The first-order valence-corrected chi connectivity index (χ1v) is 29.0. The molecule has 19 heteroatoms. The largest absolute Gasteiger partial charge is 0.472 e. The molecule has 9 atom stereocenters. The molecular weight excluding hydrogens is 946 g/mol. The van der Waals surface area contributed by atoms with Crippen LogP contribution < -0.4 is 0 Å². The summed E-state index contributed by atoms with van der Waals surface area (Å²) in [7, 11) is -10.8. The van der Waals surface area contributed by atoms with Crippen LogP contribution >= 0.6 is 15.6 Å². The van der Waals surface area contributed by atoms with Crippen LogP contribution in [0.15, 0.2) is 60.8 Å². The molecule has 17 nitrogen and oxygen atoms in total. The van der Waals surface area contributed by atoms with Crippen LogP contribution in [0.4, 0.5) is 0 Å². The van der Waals surface area contributed by atoms with Crippen molar-refractivity contribution in [1.29, 1.82) is 0 Å². The molecule has 70 heavy (non-hydrogen) atoms. The summed E-state index contributed by atoms with van der Waals surface area (Å²) in [6, 6.07) is 0. The Labute approximate surface area is 418 Å². The van der Waals surface area contributed by atoms with Crippen LogP contribution in [0.2, 0.25) is 0 Å². The molecule has 1 saturated carbocycles. The van der Waals surface area contributed by atoms with E-state index in [4.69, 9.17) is 18.5 Å². The number of allylic oxidation sites excluding steroid dienone is 9. The molecule has 1 rings (SSSR count). The van der Waals surface area contributed by atoms with Crippen molar-refractivity contribution >= 4 is 27.6 Å². The zero-order chi connectivity index (χ0) is 51.9. The second kappa shape index (κ2) is 41.1. The third-order valence-electron chi connectivity index (χ3n) is 11.7. The van der Waals surface area contributed by atoms with Gasteiger partial charge in [0.05, 0.1) is 12.7 Å². The van der Waals surface area contributed by atoms with Crippen molar-refractivity contribution in [1.82, 2.24) is 0 Å². The fourth-order valence-electron chi connectivity index (χ4n) is 7.59. The standard InChI is InChI=1S/C51H90O17P2/c1-3-5-7-9-11-13-15-17-18-19-20-21-22-24-26-28-30-32-34-38-44(53)64-40-43(41-65-70(62,63)68-51-48(57)46(55)47(56)50(49(51)58)67-69(59,60)61)66-45(54)39-35-37-42(52)36-33-31-29-27-25-23-16-14-12-10-8-6-4-2/h11,13,17-18,23,25,29,31,33,36,42-43,46-52,55-58H,3-10,12,14-16,19-22,24,26-28,30,32,34-35,37-41H2,1-2H3,(H,62,63)(H2,59,60,61)/b13-11-,18-17-,25-23+,31-29+,36-33+/t42?,43-,46?,47?,48?,49?,50-,51+/m1/s1. The number of unbranched alkanes of at least 4 members (excludes halogenated alkanes) is 18. The smallest absolute Gasteiger partial charge is 0.462 e. The number of aliphatic hydroxyl groups excluding tert-OH is 5. The van der Waals surface area contributed by atoms with Gasteiger partial charge in [-0.3, -0.25) is 23.2 Å². The number of carbonyl (C=O) groups excluding carboxylic acids is 2. The summed E-state index contributed by atoms with van der Waals surface area (Å²) in [5.41, 5.74) is 0. The number of carbonyl (C=O) groups is 2. The molecule has 0 spiro atoms. The summed E-state index contributed by atoms with van der Waals surface area (Å²) >= 11 is 0. The molecule has 6 unspecified atom stereocenters. The van der Waals surface area contributed by atoms with E-state index < -0.39 is 89.6 Å². The van der Waals surface area contributed by atoms with Gasteiger partial charge in [0.2, 0.25) is 0 Å².